The third kappa shape index (κ3) is 2.28. The van der Waals surface area contributed by atoms with Crippen LogP contribution in [0, 0.1) is 0 Å². The van der Waals surface area contributed by atoms with E-state index in [0.717, 1.165) is 23.2 Å². The highest BCUT2D eigenvalue weighted by molar-refractivity contribution is 9.10. The molecule has 0 saturated carbocycles. The average Bonchev–Trinajstić information content (AvgIpc) is 3.00. The number of benzene rings is 1. The summed E-state index contributed by atoms with van der Waals surface area (Å²) in [6, 6.07) is 8.69. The molecule has 0 bridgehead atoms. The van der Waals surface area contributed by atoms with Gasteiger partial charge in [0.2, 0.25) is 0 Å². The topological polar surface area (TPSA) is 29.9 Å². The van der Waals surface area contributed by atoms with Gasteiger partial charge in [-0.05, 0) is 52.5 Å². The molecule has 4 heteroatoms. The molecule has 0 radical (unpaired) electrons. The van der Waals surface area contributed by atoms with Crippen molar-refractivity contribution in [3.8, 4) is 5.69 Å². The largest absolute Gasteiger partial charge is 0.316 e. The van der Waals surface area contributed by atoms with Crippen molar-refractivity contribution in [3.05, 3.63) is 46.7 Å². The van der Waals surface area contributed by atoms with E-state index in [2.05, 4.69) is 50.6 Å². The van der Waals surface area contributed by atoms with Crippen LogP contribution in [0.5, 0.6) is 0 Å². The van der Waals surface area contributed by atoms with Crippen LogP contribution in [0.2, 0.25) is 0 Å². The fourth-order valence-corrected chi connectivity index (χ4v) is 2.57. The second kappa shape index (κ2) is 4.63. The molecule has 1 unspecified atom stereocenters. The van der Waals surface area contributed by atoms with Gasteiger partial charge in [0.15, 0.2) is 0 Å². The Morgan fingerprint density at radius 3 is 2.71 bits per heavy atom. The summed E-state index contributed by atoms with van der Waals surface area (Å²) in [7, 11) is 0. The Bertz CT molecular complexity index is 498. The molecule has 3 nitrogen and oxygen atoms in total. The first-order valence-corrected chi connectivity index (χ1v) is 6.63. The SMILES string of the molecule is Brc1cnn(-c2ccc(C3CCNC3)cc2)c1. The van der Waals surface area contributed by atoms with Crippen LogP contribution in [0.4, 0.5) is 0 Å². The summed E-state index contributed by atoms with van der Waals surface area (Å²) in [5.41, 5.74) is 2.52. The lowest BCUT2D eigenvalue weighted by molar-refractivity contribution is 0.762. The van der Waals surface area contributed by atoms with Gasteiger partial charge in [0.25, 0.3) is 0 Å². The summed E-state index contributed by atoms with van der Waals surface area (Å²) in [6.45, 7) is 2.24. The maximum absolute atomic E-state index is 4.27. The highest BCUT2D eigenvalue weighted by Crippen LogP contribution is 2.23. The first-order chi connectivity index (χ1) is 8.33. The number of hydrogen-bond acceptors (Lipinski definition) is 2. The van der Waals surface area contributed by atoms with Gasteiger partial charge in [-0.1, -0.05) is 12.1 Å². The first kappa shape index (κ1) is 11.0. The molecule has 1 aromatic carbocycles. The van der Waals surface area contributed by atoms with Crippen LogP contribution in [-0.2, 0) is 0 Å². The normalized spacial score (nSPS) is 19.7. The Morgan fingerprint density at radius 1 is 1.29 bits per heavy atom. The lowest BCUT2D eigenvalue weighted by atomic mass is 9.98. The summed E-state index contributed by atoms with van der Waals surface area (Å²) in [5, 5.41) is 7.67. The molecule has 2 aromatic rings. The number of rotatable bonds is 2. The van der Waals surface area contributed by atoms with Crippen molar-refractivity contribution in [2.24, 2.45) is 0 Å². The third-order valence-electron chi connectivity index (χ3n) is 3.24. The smallest absolute Gasteiger partial charge is 0.0646 e. The van der Waals surface area contributed by atoms with E-state index in [9.17, 15) is 0 Å². The Kier molecular flexibility index (Phi) is 2.99. The summed E-state index contributed by atoms with van der Waals surface area (Å²) in [6.07, 6.45) is 5.01. The summed E-state index contributed by atoms with van der Waals surface area (Å²) in [4.78, 5) is 0. The van der Waals surface area contributed by atoms with Crippen LogP contribution in [0.3, 0.4) is 0 Å². The van der Waals surface area contributed by atoms with Crippen LogP contribution < -0.4 is 5.32 Å². The Labute approximate surface area is 109 Å². The fourth-order valence-electron chi connectivity index (χ4n) is 2.28. The van der Waals surface area contributed by atoms with Crippen molar-refractivity contribution in [2.75, 3.05) is 13.1 Å². The van der Waals surface area contributed by atoms with Crippen molar-refractivity contribution in [1.82, 2.24) is 15.1 Å². The van der Waals surface area contributed by atoms with Crippen molar-refractivity contribution < 1.29 is 0 Å². The van der Waals surface area contributed by atoms with E-state index in [1.54, 1.807) is 6.20 Å². The first-order valence-electron chi connectivity index (χ1n) is 5.84. The summed E-state index contributed by atoms with van der Waals surface area (Å²) >= 11 is 3.41. The number of halogens is 1. The predicted molar refractivity (Wildman–Crippen MR) is 71.5 cm³/mol. The number of aromatic nitrogens is 2. The van der Waals surface area contributed by atoms with Gasteiger partial charge in [0.1, 0.15) is 0 Å². The molecule has 1 N–H and O–H groups in total. The standard InChI is InChI=1S/C13H14BrN3/c14-12-8-16-17(9-12)13-3-1-10(2-4-13)11-5-6-15-7-11/h1-4,8-9,11,15H,5-7H2. The van der Waals surface area contributed by atoms with E-state index in [1.807, 2.05) is 10.9 Å². The number of nitrogens with zero attached hydrogens (tertiary/aromatic N) is 2. The fraction of sp³-hybridized carbons (Fsp3) is 0.308. The van der Waals surface area contributed by atoms with Crippen molar-refractivity contribution in [3.63, 3.8) is 0 Å². The predicted octanol–water partition coefficient (Wildman–Crippen LogP) is 2.71. The molecule has 1 aromatic heterocycles. The molecule has 1 saturated heterocycles. The molecule has 1 aliphatic rings. The van der Waals surface area contributed by atoms with Gasteiger partial charge in [-0.15, -0.1) is 0 Å². The van der Waals surface area contributed by atoms with E-state index >= 15 is 0 Å². The molecule has 0 amide bonds. The van der Waals surface area contributed by atoms with Gasteiger partial charge in [-0.2, -0.15) is 5.10 Å². The van der Waals surface area contributed by atoms with Crippen LogP contribution in [0.25, 0.3) is 5.69 Å². The average molecular weight is 292 g/mol. The van der Waals surface area contributed by atoms with Gasteiger partial charge < -0.3 is 5.32 Å². The molecule has 1 aliphatic heterocycles. The van der Waals surface area contributed by atoms with Gasteiger partial charge in [-0.3, -0.25) is 0 Å². The Balaban J connectivity index is 1.84. The minimum absolute atomic E-state index is 0.674. The minimum Gasteiger partial charge on any atom is -0.316 e. The molecular formula is C13H14BrN3. The zero-order chi connectivity index (χ0) is 11.7. The summed E-state index contributed by atoms with van der Waals surface area (Å²) < 4.78 is 2.88. The summed E-state index contributed by atoms with van der Waals surface area (Å²) in [5.74, 6) is 0.674. The van der Waals surface area contributed by atoms with Crippen LogP contribution in [-0.4, -0.2) is 22.9 Å². The van der Waals surface area contributed by atoms with E-state index < -0.39 is 0 Å². The Hall–Kier alpha value is -1.13. The molecule has 1 atom stereocenters. The van der Waals surface area contributed by atoms with Crippen molar-refractivity contribution >= 4 is 15.9 Å². The zero-order valence-electron chi connectivity index (χ0n) is 9.44. The molecule has 17 heavy (non-hydrogen) atoms. The molecule has 88 valence electrons. The molecular weight excluding hydrogens is 278 g/mol. The van der Waals surface area contributed by atoms with Crippen molar-refractivity contribution in [2.45, 2.75) is 12.3 Å². The number of nitrogens with one attached hydrogen (secondary N) is 1. The van der Waals surface area contributed by atoms with Crippen molar-refractivity contribution in [1.29, 1.82) is 0 Å². The molecule has 0 spiro atoms. The van der Waals surface area contributed by atoms with E-state index in [0.29, 0.717) is 5.92 Å². The highest BCUT2D eigenvalue weighted by Gasteiger charge is 2.16. The van der Waals surface area contributed by atoms with Crippen LogP contribution >= 0.6 is 15.9 Å². The monoisotopic (exact) mass is 291 g/mol. The van der Waals surface area contributed by atoms with Gasteiger partial charge in [0, 0.05) is 12.7 Å². The highest BCUT2D eigenvalue weighted by atomic mass is 79.9. The van der Waals surface area contributed by atoms with Gasteiger partial charge in [0.05, 0.1) is 16.4 Å². The maximum Gasteiger partial charge on any atom is 0.0646 e. The minimum atomic E-state index is 0.674. The quantitative estimate of drug-likeness (QED) is 0.922. The lowest BCUT2D eigenvalue weighted by Gasteiger charge is -2.09. The molecule has 2 heterocycles. The molecule has 1 fully saturated rings. The van der Waals surface area contributed by atoms with E-state index in [4.69, 9.17) is 0 Å². The van der Waals surface area contributed by atoms with Gasteiger partial charge in [-0.25, -0.2) is 4.68 Å². The molecule has 3 rings (SSSR count). The van der Waals surface area contributed by atoms with E-state index in [1.165, 1.54) is 12.0 Å². The van der Waals surface area contributed by atoms with Crippen LogP contribution in [0.15, 0.2) is 41.1 Å². The van der Waals surface area contributed by atoms with E-state index in [-0.39, 0.29) is 0 Å². The third-order valence-corrected chi connectivity index (χ3v) is 3.65. The number of hydrogen-bond donors (Lipinski definition) is 1. The Morgan fingerprint density at radius 2 is 2.12 bits per heavy atom. The second-order valence-corrected chi connectivity index (χ2v) is 5.30. The maximum atomic E-state index is 4.27. The molecule has 0 aliphatic carbocycles. The zero-order valence-corrected chi connectivity index (χ0v) is 11.0. The second-order valence-electron chi connectivity index (χ2n) is 4.38. The van der Waals surface area contributed by atoms with Gasteiger partial charge >= 0.3 is 0 Å². The lowest BCUT2D eigenvalue weighted by Crippen LogP contribution is -2.08. The van der Waals surface area contributed by atoms with Crippen LogP contribution in [0.1, 0.15) is 17.9 Å².